The number of para-hydroxylation sites is 1. The van der Waals surface area contributed by atoms with Crippen LogP contribution < -0.4 is 10.6 Å². The maximum absolute atomic E-state index is 11.1. The molecule has 2 aromatic rings. The molecule has 0 aliphatic heterocycles. The molecule has 98 valence electrons. The maximum Gasteiger partial charge on any atom is 0.221 e. The Hall–Kier alpha value is -2.07. The molecule has 0 atom stereocenters. The highest BCUT2D eigenvalue weighted by molar-refractivity contribution is 6.31. The Morgan fingerprint density at radius 2 is 1.95 bits per heavy atom. The monoisotopic (exact) mass is 275 g/mol. The minimum Gasteiger partial charge on any atom is -0.378 e. The second-order valence-electron chi connectivity index (χ2n) is 4.03. The second kappa shape index (κ2) is 6.20. The van der Waals surface area contributed by atoms with Crippen LogP contribution in [0.5, 0.6) is 0 Å². The molecule has 4 nitrogen and oxygen atoms in total. The van der Waals surface area contributed by atoms with Crippen molar-refractivity contribution in [1.29, 1.82) is 0 Å². The summed E-state index contributed by atoms with van der Waals surface area (Å²) >= 11 is 5.97. The van der Waals surface area contributed by atoms with E-state index in [4.69, 9.17) is 11.6 Å². The van der Waals surface area contributed by atoms with E-state index in [2.05, 4.69) is 15.6 Å². The van der Waals surface area contributed by atoms with Crippen molar-refractivity contribution in [3.8, 4) is 0 Å². The summed E-state index contributed by atoms with van der Waals surface area (Å²) in [5.74, 6) is -0.0909. The molecule has 0 aliphatic carbocycles. The number of carbonyl (C=O) groups is 1. The predicted octanol–water partition coefficient (Wildman–Crippen LogP) is 3.31. The van der Waals surface area contributed by atoms with Crippen LogP contribution in [0, 0.1) is 0 Å². The molecule has 0 unspecified atom stereocenters. The quantitative estimate of drug-likeness (QED) is 0.842. The number of benzene rings is 1. The van der Waals surface area contributed by atoms with E-state index in [0.29, 0.717) is 11.7 Å². The zero-order valence-electron chi connectivity index (χ0n) is 10.5. The molecule has 0 radical (unpaired) electrons. The van der Waals surface area contributed by atoms with Crippen molar-refractivity contribution < 1.29 is 4.79 Å². The number of carbonyl (C=O) groups excluding carboxylic acids is 1. The van der Waals surface area contributed by atoms with Gasteiger partial charge in [-0.2, -0.15) is 0 Å². The first-order chi connectivity index (χ1) is 9.16. The van der Waals surface area contributed by atoms with Crippen LogP contribution in [0.25, 0.3) is 0 Å². The zero-order valence-corrected chi connectivity index (χ0v) is 11.2. The van der Waals surface area contributed by atoms with Gasteiger partial charge in [-0.3, -0.25) is 4.79 Å². The lowest BCUT2D eigenvalue weighted by molar-refractivity contribution is -0.114. The molecule has 5 heteroatoms. The van der Waals surface area contributed by atoms with Crippen LogP contribution in [0.2, 0.25) is 5.15 Å². The standard InChI is InChI=1S/C14H14ClN3O/c1-10(19)18-12-6-3-2-5-11(12)9-17-13-7-4-8-16-14(13)15/h2-8,17H,9H2,1H3,(H,18,19). The molecule has 0 spiro atoms. The average Bonchev–Trinajstić information content (AvgIpc) is 2.39. The van der Waals surface area contributed by atoms with E-state index in [1.165, 1.54) is 6.92 Å². The number of rotatable bonds is 4. The van der Waals surface area contributed by atoms with Gasteiger partial charge < -0.3 is 10.6 Å². The van der Waals surface area contributed by atoms with E-state index >= 15 is 0 Å². The Morgan fingerprint density at radius 1 is 1.21 bits per heavy atom. The minimum absolute atomic E-state index is 0.0909. The number of amides is 1. The summed E-state index contributed by atoms with van der Waals surface area (Å²) in [6, 6.07) is 11.3. The maximum atomic E-state index is 11.1. The summed E-state index contributed by atoms with van der Waals surface area (Å²) in [7, 11) is 0. The summed E-state index contributed by atoms with van der Waals surface area (Å²) in [6.45, 7) is 2.05. The van der Waals surface area contributed by atoms with Gasteiger partial charge in [-0.15, -0.1) is 0 Å². The minimum atomic E-state index is -0.0909. The molecule has 0 saturated carbocycles. The van der Waals surface area contributed by atoms with Gasteiger partial charge in [0.1, 0.15) is 0 Å². The number of nitrogens with zero attached hydrogens (tertiary/aromatic N) is 1. The number of hydrogen-bond acceptors (Lipinski definition) is 3. The number of aromatic nitrogens is 1. The molecule has 1 heterocycles. The molecular weight excluding hydrogens is 262 g/mol. The summed E-state index contributed by atoms with van der Waals surface area (Å²) < 4.78 is 0. The van der Waals surface area contributed by atoms with Crippen LogP contribution in [0.15, 0.2) is 42.6 Å². The largest absolute Gasteiger partial charge is 0.378 e. The molecule has 2 rings (SSSR count). The van der Waals surface area contributed by atoms with E-state index in [0.717, 1.165) is 16.9 Å². The highest BCUT2D eigenvalue weighted by atomic mass is 35.5. The van der Waals surface area contributed by atoms with Crippen molar-refractivity contribution >= 4 is 28.9 Å². The van der Waals surface area contributed by atoms with Crippen molar-refractivity contribution in [3.05, 3.63) is 53.3 Å². The van der Waals surface area contributed by atoms with Gasteiger partial charge in [0.15, 0.2) is 5.15 Å². The van der Waals surface area contributed by atoms with Crippen LogP contribution >= 0.6 is 11.6 Å². The van der Waals surface area contributed by atoms with Gasteiger partial charge in [0.25, 0.3) is 0 Å². The van der Waals surface area contributed by atoms with Crippen molar-refractivity contribution in [2.24, 2.45) is 0 Å². The smallest absolute Gasteiger partial charge is 0.221 e. The molecule has 0 fully saturated rings. The number of anilines is 2. The Bertz CT molecular complexity index is 586. The third kappa shape index (κ3) is 3.69. The third-order valence-corrected chi connectivity index (χ3v) is 2.86. The average molecular weight is 276 g/mol. The molecular formula is C14H14ClN3O. The van der Waals surface area contributed by atoms with E-state index in [9.17, 15) is 4.79 Å². The second-order valence-corrected chi connectivity index (χ2v) is 4.39. The zero-order chi connectivity index (χ0) is 13.7. The molecule has 0 aliphatic rings. The van der Waals surface area contributed by atoms with Crippen LogP contribution in [-0.4, -0.2) is 10.9 Å². The Morgan fingerprint density at radius 3 is 2.68 bits per heavy atom. The fourth-order valence-corrected chi connectivity index (χ4v) is 1.88. The lowest BCUT2D eigenvalue weighted by Crippen LogP contribution is -2.10. The Kier molecular flexibility index (Phi) is 4.36. The lowest BCUT2D eigenvalue weighted by Gasteiger charge is -2.12. The first-order valence-electron chi connectivity index (χ1n) is 5.86. The van der Waals surface area contributed by atoms with Crippen LogP contribution in [0.1, 0.15) is 12.5 Å². The number of hydrogen-bond donors (Lipinski definition) is 2. The van der Waals surface area contributed by atoms with Gasteiger partial charge >= 0.3 is 0 Å². The highest BCUT2D eigenvalue weighted by Crippen LogP contribution is 2.21. The Labute approximate surface area is 116 Å². The van der Waals surface area contributed by atoms with Crippen molar-refractivity contribution in [2.45, 2.75) is 13.5 Å². The molecule has 0 saturated heterocycles. The van der Waals surface area contributed by atoms with Crippen LogP contribution in [-0.2, 0) is 11.3 Å². The van der Waals surface area contributed by atoms with E-state index < -0.39 is 0 Å². The van der Waals surface area contributed by atoms with Crippen LogP contribution in [0.3, 0.4) is 0 Å². The van der Waals surface area contributed by atoms with Crippen LogP contribution in [0.4, 0.5) is 11.4 Å². The topological polar surface area (TPSA) is 54.0 Å². The van der Waals surface area contributed by atoms with Crippen molar-refractivity contribution in [3.63, 3.8) is 0 Å². The molecule has 0 bridgehead atoms. The van der Waals surface area contributed by atoms with Crippen molar-refractivity contribution in [2.75, 3.05) is 10.6 Å². The first-order valence-corrected chi connectivity index (χ1v) is 6.24. The molecule has 1 aromatic heterocycles. The highest BCUT2D eigenvalue weighted by Gasteiger charge is 2.04. The first kappa shape index (κ1) is 13.4. The fraction of sp³-hybridized carbons (Fsp3) is 0.143. The summed E-state index contributed by atoms with van der Waals surface area (Å²) in [5, 5.41) is 6.42. The van der Waals surface area contributed by atoms with E-state index in [-0.39, 0.29) is 5.91 Å². The van der Waals surface area contributed by atoms with Gasteiger partial charge in [-0.05, 0) is 23.8 Å². The lowest BCUT2D eigenvalue weighted by atomic mass is 10.1. The summed E-state index contributed by atoms with van der Waals surface area (Å²) in [5.41, 5.74) is 2.54. The van der Waals surface area contributed by atoms with E-state index in [1.54, 1.807) is 6.20 Å². The number of pyridine rings is 1. The normalized spacial score (nSPS) is 10.0. The summed E-state index contributed by atoms with van der Waals surface area (Å²) in [4.78, 5) is 15.1. The SMILES string of the molecule is CC(=O)Nc1ccccc1CNc1cccnc1Cl. The van der Waals surface area contributed by atoms with Gasteiger partial charge in [0.05, 0.1) is 5.69 Å². The molecule has 1 amide bonds. The number of halogens is 1. The fourth-order valence-electron chi connectivity index (χ4n) is 1.69. The van der Waals surface area contributed by atoms with Gasteiger partial charge in [0, 0.05) is 25.4 Å². The molecule has 1 aromatic carbocycles. The Balaban J connectivity index is 2.11. The predicted molar refractivity (Wildman–Crippen MR) is 77.3 cm³/mol. The van der Waals surface area contributed by atoms with E-state index in [1.807, 2.05) is 36.4 Å². The van der Waals surface area contributed by atoms with Gasteiger partial charge in [-0.1, -0.05) is 29.8 Å². The number of nitrogens with one attached hydrogen (secondary N) is 2. The van der Waals surface area contributed by atoms with Gasteiger partial charge in [-0.25, -0.2) is 4.98 Å². The summed E-state index contributed by atoms with van der Waals surface area (Å²) in [6.07, 6.45) is 1.64. The van der Waals surface area contributed by atoms with Gasteiger partial charge in [0.2, 0.25) is 5.91 Å². The molecule has 2 N–H and O–H groups in total. The molecule has 19 heavy (non-hydrogen) atoms. The third-order valence-electron chi connectivity index (χ3n) is 2.56. The van der Waals surface area contributed by atoms with Crippen molar-refractivity contribution in [1.82, 2.24) is 4.98 Å².